The Morgan fingerprint density at radius 3 is 2.65 bits per heavy atom. The van der Waals surface area contributed by atoms with Crippen molar-refractivity contribution in [2.75, 3.05) is 11.4 Å². The van der Waals surface area contributed by atoms with E-state index in [0.717, 1.165) is 24.4 Å². The Labute approximate surface area is 112 Å². The highest BCUT2D eigenvalue weighted by molar-refractivity contribution is 6.07. The summed E-state index contributed by atoms with van der Waals surface area (Å²) in [4.78, 5) is 17.1. The fourth-order valence-electron chi connectivity index (χ4n) is 2.32. The number of aromatic nitrogens is 1. The minimum atomic E-state index is -0.752. The number of pyridine rings is 1. The van der Waals surface area contributed by atoms with Gasteiger partial charge < -0.3 is 4.90 Å². The summed E-state index contributed by atoms with van der Waals surface area (Å²) in [6.07, 6.45) is 2.50. The van der Waals surface area contributed by atoms with Gasteiger partial charge in [0.25, 0.3) is 5.91 Å². The van der Waals surface area contributed by atoms with Gasteiger partial charge in [-0.15, -0.1) is 0 Å². The predicted molar refractivity (Wildman–Crippen MR) is 65.9 cm³/mol. The fraction of sp³-hybridized carbons (Fsp3) is 0.143. The Morgan fingerprint density at radius 1 is 1.10 bits per heavy atom. The summed E-state index contributed by atoms with van der Waals surface area (Å²) < 4.78 is 40.0. The number of benzene rings is 1. The molecule has 0 fully saturated rings. The molecule has 3 nitrogen and oxygen atoms in total. The van der Waals surface area contributed by atoms with Crippen LogP contribution in [0.1, 0.15) is 15.9 Å². The molecule has 1 aromatic carbocycles. The Kier molecular flexibility index (Phi) is 2.93. The second-order valence-electron chi connectivity index (χ2n) is 4.48. The molecule has 0 atom stereocenters. The Morgan fingerprint density at radius 2 is 1.90 bits per heavy atom. The lowest BCUT2D eigenvalue weighted by Gasteiger charge is -2.17. The molecule has 0 bridgehead atoms. The summed E-state index contributed by atoms with van der Waals surface area (Å²) in [6.45, 7) is 0.227. The number of carbonyl (C=O) groups excluding carboxylic acids is 1. The lowest BCUT2D eigenvalue weighted by atomic mass is 10.1. The summed E-state index contributed by atoms with van der Waals surface area (Å²) in [5.41, 5.74) is 0.531. The SMILES string of the molecule is O=C(c1cncc(F)c1)N1CCc2c(F)cc(F)cc21. The van der Waals surface area contributed by atoms with Crippen molar-refractivity contribution in [1.29, 1.82) is 0 Å². The third-order valence-corrected chi connectivity index (χ3v) is 3.21. The molecule has 0 radical (unpaired) electrons. The third-order valence-electron chi connectivity index (χ3n) is 3.21. The van der Waals surface area contributed by atoms with Crippen LogP contribution >= 0.6 is 0 Å². The van der Waals surface area contributed by atoms with Crippen LogP contribution in [0.2, 0.25) is 0 Å². The summed E-state index contributed by atoms with van der Waals surface area (Å²) in [6, 6.07) is 2.94. The molecular weight excluding hydrogens is 269 g/mol. The minimum Gasteiger partial charge on any atom is -0.307 e. The molecular formula is C14H9F3N2O. The minimum absolute atomic E-state index is 0.0440. The number of nitrogens with zero attached hydrogens (tertiary/aromatic N) is 2. The number of fused-ring (bicyclic) bond motifs is 1. The first kappa shape index (κ1) is 12.7. The van der Waals surface area contributed by atoms with Crippen molar-refractivity contribution in [1.82, 2.24) is 4.98 Å². The van der Waals surface area contributed by atoms with Crippen LogP contribution in [-0.4, -0.2) is 17.4 Å². The molecule has 0 saturated carbocycles. The number of hydrogen-bond acceptors (Lipinski definition) is 2. The van der Waals surface area contributed by atoms with Gasteiger partial charge >= 0.3 is 0 Å². The van der Waals surface area contributed by atoms with Crippen LogP contribution in [0.25, 0.3) is 0 Å². The molecule has 0 aliphatic carbocycles. The number of carbonyl (C=O) groups is 1. The van der Waals surface area contributed by atoms with Crippen molar-refractivity contribution in [3.63, 3.8) is 0 Å². The lowest BCUT2D eigenvalue weighted by Crippen LogP contribution is -2.29. The van der Waals surface area contributed by atoms with E-state index in [1.165, 1.54) is 11.1 Å². The quantitative estimate of drug-likeness (QED) is 0.803. The van der Waals surface area contributed by atoms with Gasteiger partial charge in [0.05, 0.1) is 17.4 Å². The van der Waals surface area contributed by atoms with Gasteiger partial charge in [0, 0.05) is 24.4 Å². The number of hydrogen-bond donors (Lipinski definition) is 0. The Hall–Kier alpha value is -2.37. The molecule has 1 aromatic heterocycles. The van der Waals surface area contributed by atoms with E-state index in [4.69, 9.17) is 0 Å². The first-order valence-corrected chi connectivity index (χ1v) is 5.96. The highest BCUT2D eigenvalue weighted by atomic mass is 19.1. The zero-order valence-corrected chi connectivity index (χ0v) is 10.2. The monoisotopic (exact) mass is 278 g/mol. The maximum atomic E-state index is 13.6. The molecule has 20 heavy (non-hydrogen) atoms. The van der Waals surface area contributed by atoms with Gasteiger partial charge in [-0.1, -0.05) is 0 Å². The molecule has 1 amide bonds. The van der Waals surface area contributed by atoms with Gasteiger partial charge in [0.1, 0.15) is 17.5 Å². The maximum absolute atomic E-state index is 13.6. The molecule has 102 valence electrons. The maximum Gasteiger partial charge on any atom is 0.259 e. The second kappa shape index (κ2) is 4.63. The lowest BCUT2D eigenvalue weighted by molar-refractivity contribution is 0.0988. The van der Waals surface area contributed by atoms with E-state index >= 15 is 0 Å². The van der Waals surface area contributed by atoms with Crippen molar-refractivity contribution in [2.45, 2.75) is 6.42 Å². The first-order valence-electron chi connectivity index (χ1n) is 5.96. The third kappa shape index (κ3) is 2.03. The van der Waals surface area contributed by atoms with E-state index in [2.05, 4.69) is 4.98 Å². The molecule has 3 rings (SSSR count). The van der Waals surface area contributed by atoms with Crippen molar-refractivity contribution >= 4 is 11.6 Å². The largest absolute Gasteiger partial charge is 0.307 e. The van der Waals surface area contributed by atoms with Crippen LogP contribution in [-0.2, 0) is 6.42 Å². The average Bonchev–Trinajstić information content (AvgIpc) is 2.81. The van der Waals surface area contributed by atoms with Crippen molar-refractivity contribution in [2.24, 2.45) is 0 Å². The number of anilines is 1. The zero-order valence-electron chi connectivity index (χ0n) is 10.2. The van der Waals surface area contributed by atoms with Crippen LogP contribution in [0.15, 0.2) is 30.6 Å². The summed E-state index contributed by atoms with van der Waals surface area (Å²) in [5, 5.41) is 0. The number of amides is 1. The van der Waals surface area contributed by atoms with Gasteiger partial charge in [-0.05, 0) is 18.6 Å². The Balaban J connectivity index is 2.01. The van der Waals surface area contributed by atoms with Crippen LogP contribution in [0.5, 0.6) is 0 Å². The van der Waals surface area contributed by atoms with Crippen molar-refractivity contribution in [3.8, 4) is 0 Å². The molecule has 0 saturated heterocycles. The van der Waals surface area contributed by atoms with Crippen LogP contribution in [0.4, 0.5) is 18.9 Å². The standard InChI is InChI=1S/C14H9F3N2O/c15-9-4-12(17)11-1-2-19(13(11)5-9)14(20)8-3-10(16)7-18-6-8/h3-7H,1-2H2. The van der Waals surface area contributed by atoms with Crippen LogP contribution in [0.3, 0.4) is 0 Å². The van der Waals surface area contributed by atoms with E-state index < -0.39 is 23.4 Å². The predicted octanol–water partition coefficient (Wildman–Crippen LogP) is 2.70. The fourth-order valence-corrected chi connectivity index (χ4v) is 2.32. The highest BCUT2D eigenvalue weighted by Crippen LogP contribution is 2.32. The van der Waals surface area contributed by atoms with E-state index in [-0.39, 0.29) is 17.8 Å². The topological polar surface area (TPSA) is 33.2 Å². The van der Waals surface area contributed by atoms with Crippen molar-refractivity contribution in [3.05, 3.63) is 59.2 Å². The van der Waals surface area contributed by atoms with E-state index in [0.29, 0.717) is 12.0 Å². The average molecular weight is 278 g/mol. The van der Waals surface area contributed by atoms with Crippen LogP contribution in [0, 0.1) is 17.5 Å². The molecule has 2 heterocycles. The molecule has 1 aliphatic rings. The first-order chi connectivity index (χ1) is 9.56. The Bertz CT molecular complexity index is 703. The molecule has 2 aromatic rings. The molecule has 6 heteroatoms. The number of rotatable bonds is 1. The van der Waals surface area contributed by atoms with Crippen molar-refractivity contribution < 1.29 is 18.0 Å². The summed E-state index contributed by atoms with van der Waals surface area (Å²) >= 11 is 0. The van der Waals surface area contributed by atoms with E-state index in [1.807, 2.05) is 0 Å². The van der Waals surface area contributed by atoms with Crippen LogP contribution < -0.4 is 4.90 Å². The second-order valence-corrected chi connectivity index (χ2v) is 4.48. The summed E-state index contributed by atoms with van der Waals surface area (Å²) in [7, 11) is 0. The normalized spacial score (nSPS) is 13.4. The molecule has 0 N–H and O–H groups in total. The van der Waals surface area contributed by atoms with Gasteiger partial charge in [0.2, 0.25) is 0 Å². The molecule has 1 aliphatic heterocycles. The molecule has 0 spiro atoms. The molecule has 0 unspecified atom stereocenters. The van der Waals surface area contributed by atoms with Gasteiger partial charge in [-0.25, -0.2) is 13.2 Å². The smallest absolute Gasteiger partial charge is 0.259 e. The zero-order chi connectivity index (χ0) is 14.3. The highest BCUT2D eigenvalue weighted by Gasteiger charge is 2.28. The number of halogens is 3. The van der Waals surface area contributed by atoms with Gasteiger partial charge in [-0.2, -0.15) is 0 Å². The van der Waals surface area contributed by atoms with E-state index in [9.17, 15) is 18.0 Å². The van der Waals surface area contributed by atoms with Gasteiger partial charge in [-0.3, -0.25) is 9.78 Å². The summed E-state index contributed by atoms with van der Waals surface area (Å²) in [5.74, 6) is -2.59. The van der Waals surface area contributed by atoms with E-state index in [1.54, 1.807) is 0 Å². The van der Waals surface area contributed by atoms with Gasteiger partial charge in [0.15, 0.2) is 0 Å².